The molecule has 1 aliphatic heterocycles. The minimum absolute atomic E-state index is 0.148. The molecule has 3 rings (SSSR count). The van der Waals surface area contributed by atoms with E-state index in [1.54, 1.807) is 31.4 Å². The number of rotatable bonds is 7. The lowest BCUT2D eigenvalue weighted by molar-refractivity contribution is -0.129. The Kier molecular flexibility index (Phi) is 6.91. The summed E-state index contributed by atoms with van der Waals surface area (Å²) in [6.07, 6.45) is 4.56. The van der Waals surface area contributed by atoms with Crippen LogP contribution < -0.4 is 21.1 Å². The molecule has 1 fully saturated rings. The smallest absolute Gasteiger partial charge is 0.274 e. The third kappa shape index (κ3) is 5.29. The van der Waals surface area contributed by atoms with Gasteiger partial charge in [-0.25, -0.2) is 4.98 Å². The first-order valence-corrected chi connectivity index (χ1v) is 9.49. The van der Waals surface area contributed by atoms with Gasteiger partial charge in [0.15, 0.2) is 0 Å². The molecular weight excluding hydrogens is 388 g/mol. The molecule has 0 aliphatic carbocycles. The topological polar surface area (TPSA) is 140 Å². The zero-order chi connectivity index (χ0) is 21.5. The molecule has 1 aliphatic rings. The van der Waals surface area contributed by atoms with Crippen molar-refractivity contribution in [1.29, 1.82) is 0 Å². The first-order chi connectivity index (χ1) is 14.5. The molecule has 10 heteroatoms. The van der Waals surface area contributed by atoms with E-state index in [9.17, 15) is 14.4 Å². The van der Waals surface area contributed by atoms with Crippen molar-refractivity contribution in [2.75, 3.05) is 26.7 Å². The van der Waals surface area contributed by atoms with Crippen LogP contribution in [0.2, 0.25) is 0 Å². The first kappa shape index (κ1) is 21.2. The quantitative estimate of drug-likeness (QED) is 0.536. The van der Waals surface area contributed by atoms with Gasteiger partial charge in [0.1, 0.15) is 23.5 Å². The number of ether oxygens (including phenoxy) is 1. The Balaban J connectivity index is 1.62. The number of carbonyl (C=O) groups is 3. The van der Waals surface area contributed by atoms with Crippen molar-refractivity contribution in [3.8, 4) is 5.75 Å². The number of methoxy groups -OCH3 is 1. The number of aromatic nitrogens is 2. The van der Waals surface area contributed by atoms with Crippen molar-refractivity contribution < 1.29 is 19.1 Å². The molecule has 1 aromatic carbocycles. The number of amides is 3. The Morgan fingerprint density at radius 1 is 1.30 bits per heavy atom. The molecule has 1 saturated heterocycles. The minimum Gasteiger partial charge on any atom is -0.497 e. The van der Waals surface area contributed by atoms with Gasteiger partial charge in [-0.05, 0) is 17.7 Å². The molecule has 2 aromatic rings. The van der Waals surface area contributed by atoms with Crippen LogP contribution in [0.5, 0.6) is 5.75 Å². The molecule has 0 unspecified atom stereocenters. The Morgan fingerprint density at radius 3 is 2.70 bits per heavy atom. The lowest BCUT2D eigenvalue weighted by Gasteiger charge is -2.33. The predicted molar refractivity (Wildman–Crippen MR) is 108 cm³/mol. The van der Waals surface area contributed by atoms with Gasteiger partial charge in [0.25, 0.3) is 5.91 Å². The van der Waals surface area contributed by atoms with Gasteiger partial charge >= 0.3 is 0 Å². The fraction of sp³-hybridized carbons (Fsp3) is 0.350. The lowest BCUT2D eigenvalue weighted by atomic mass is 10.0. The first-order valence-electron chi connectivity index (χ1n) is 9.49. The summed E-state index contributed by atoms with van der Waals surface area (Å²) >= 11 is 0. The van der Waals surface area contributed by atoms with Crippen LogP contribution in [0, 0.1) is 0 Å². The second-order valence-electron chi connectivity index (χ2n) is 6.86. The molecule has 10 nitrogen and oxygen atoms in total. The van der Waals surface area contributed by atoms with Crippen LogP contribution in [-0.4, -0.2) is 71.4 Å². The SMILES string of the molecule is COc1ccc(C[C@H](NC(=O)[C@H]2CN(C(=O)c3cnccn3)CCN2)C(N)=O)cc1. The van der Waals surface area contributed by atoms with E-state index >= 15 is 0 Å². The highest BCUT2D eigenvalue weighted by Crippen LogP contribution is 2.13. The number of nitrogens with two attached hydrogens (primary N) is 1. The number of nitrogens with zero attached hydrogens (tertiary/aromatic N) is 3. The largest absolute Gasteiger partial charge is 0.497 e. The molecule has 0 spiro atoms. The fourth-order valence-corrected chi connectivity index (χ4v) is 3.17. The normalized spacial score (nSPS) is 17.1. The van der Waals surface area contributed by atoms with E-state index < -0.39 is 23.9 Å². The van der Waals surface area contributed by atoms with Crippen molar-refractivity contribution >= 4 is 17.7 Å². The number of hydrogen-bond acceptors (Lipinski definition) is 7. The Bertz CT molecular complexity index is 890. The molecule has 0 radical (unpaired) electrons. The Hall–Kier alpha value is -3.53. The fourth-order valence-electron chi connectivity index (χ4n) is 3.17. The third-order valence-corrected chi connectivity index (χ3v) is 4.82. The van der Waals surface area contributed by atoms with Crippen LogP contribution in [0.15, 0.2) is 42.9 Å². The van der Waals surface area contributed by atoms with Crippen LogP contribution in [0.3, 0.4) is 0 Å². The summed E-state index contributed by atoms with van der Waals surface area (Å²) in [6.45, 7) is 1.02. The van der Waals surface area contributed by atoms with Gasteiger partial charge in [0.2, 0.25) is 11.8 Å². The molecule has 0 bridgehead atoms. The number of nitrogens with one attached hydrogen (secondary N) is 2. The lowest BCUT2D eigenvalue weighted by Crippen LogP contribution is -2.60. The number of benzene rings is 1. The standard InChI is InChI=1S/C20H24N6O4/c1-30-14-4-2-13(3-5-14)10-15(18(21)27)25-19(28)17-12-26(9-8-24-17)20(29)16-11-22-6-7-23-16/h2-7,11,15,17,24H,8-10,12H2,1H3,(H2,21,27)(H,25,28)/t15-,17+/m0/s1. The van der Waals surface area contributed by atoms with Crippen molar-refractivity contribution in [3.05, 3.63) is 54.1 Å². The highest BCUT2D eigenvalue weighted by Gasteiger charge is 2.31. The highest BCUT2D eigenvalue weighted by molar-refractivity contribution is 5.93. The molecule has 1 aromatic heterocycles. The zero-order valence-corrected chi connectivity index (χ0v) is 16.6. The van der Waals surface area contributed by atoms with E-state index in [0.29, 0.717) is 18.8 Å². The van der Waals surface area contributed by atoms with Crippen LogP contribution in [0.25, 0.3) is 0 Å². The second-order valence-corrected chi connectivity index (χ2v) is 6.86. The molecule has 3 amide bonds. The van der Waals surface area contributed by atoms with Crippen molar-refractivity contribution in [1.82, 2.24) is 25.5 Å². The maximum absolute atomic E-state index is 12.7. The Labute approximate surface area is 173 Å². The highest BCUT2D eigenvalue weighted by atomic mass is 16.5. The molecule has 30 heavy (non-hydrogen) atoms. The van der Waals surface area contributed by atoms with E-state index in [2.05, 4.69) is 20.6 Å². The van der Waals surface area contributed by atoms with Crippen LogP contribution in [0.1, 0.15) is 16.1 Å². The molecule has 158 valence electrons. The average molecular weight is 412 g/mol. The molecule has 4 N–H and O–H groups in total. The Morgan fingerprint density at radius 2 is 2.07 bits per heavy atom. The number of carbonyl (C=O) groups excluding carboxylic acids is 3. The maximum Gasteiger partial charge on any atom is 0.274 e. The molecular formula is C20H24N6O4. The van der Waals surface area contributed by atoms with Crippen LogP contribution in [-0.2, 0) is 16.0 Å². The van der Waals surface area contributed by atoms with Crippen LogP contribution in [0.4, 0.5) is 0 Å². The molecule has 2 atom stereocenters. The summed E-state index contributed by atoms with van der Waals surface area (Å²) in [5.41, 5.74) is 6.54. The maximum atomic E-state index is 12.7. The van der Waals surface area contributed by atoms with Gasteiger partial charge in [0.05, 0.1) is 13.3 Å². The van der Waals surface area contributed by atoms with Crippen molar-refractivity contribution in [3.63, 3.8) is 0 Å². The molecule has 0 saturated carbocycles. The van der Waals surface area contributed by atoms with Gasteiger partial charge < -0.3 is 26.0 Å². The van der Waals surface area contributed by atoms with Crippen molar-refractivity contribution in [2.24, 2.45) is 5.73 Å². The van der Waals surface area contributed by atoms with E-state index in [1.807, 2.05) is 0 Å². The van der Waals surface area contributed by atoms with Gasteiger partial charge in [-0.3, -0.25) is 19.4 Å². The minimum atomic E-state index is -0.876. The van der Waals surface area contributed by atoms with E-state index in [4.69, 9.17) is 10.5 Å². The summed E-state index contributed by atoms with van der Waals surface area (Å²) in [5, 5.41) is 5.76. The third-order valence-electron chi connectivity index (χ3n) is 4.82. The molecule has 2 heterocycles. The number of hydrogen-bond donors (Lipinski definition) is 3. The van der Waals surface area contributed by atoms with E-state index in [-0.39, 0.29) is 24.6 Å². The summed E-state index contributed by atoms with van der Waals surface area (Å²) in [5.74, 6) is -0.642. The summed E-state index contributed by atoms with van der Waals surface area (Å²) in [7, 11) is 1.57. The van der Waals surface area contributed by atoms with Gasteiger partial charge in [-0.2, -0.15) is 0 Å². The van der Waals surface area contributed by atoms with E-state index in [1.165, 1.54) is 23.5 Å². The van der Waals surface area contributed by atoms with E-state index in [0.717, 1.165) is 5.56 Å². The zero-order valence-electron chi connectivity index (χ0n) is 16.6. The van der Waals surface area contributed by atoms with Crippen LogP contribution >= 0.6 is 0 Å². The summed E-state index contributed by atoms with van der Waals surface area (Å²) in [4.78, 5) is 46.6. The number of piperazine rings is 1. The second kappa shape index (κ2) is 9.79. The van der Waals surface area contributed by atoms with Gasteiger partial charge in [-0.15, -0.1) is 0 Å². The average Bonchev–Trinajstić information content (AvgIpc) is 2.79. The summed E-state index contributed by atoms with van der Waals surface area (Å²) in [6, 6.07) is 5.61. The number of primary amides is 1. The monoisotopic (exact) mass is 412 g/mol. The van der Waals surface area contributed by atoms with Gasteiger partial charge in [0, 0.05) is 38.4 Å². The van der Waals surface area contributed by atoms with Crippen molar-refractivity contribution in [2.45, 2.75) is 18.5 Å². The van der Waals surface area contributed by atoms with Gasteiger partial charge in [-0.1, -0.05) is 12.1 Å². The predicted octanol–water partition coefficient (Wildman–Crippen LogP) is -0.888. The summed E-state index contributed by atoms with van der Waals surface area (Å²) < 4.78 is 5.12.